The zero-order valence-corrected chi connectivity index (χ0v) is 16.5. The lowest BCUT2D eigenvalue weighted by molar-refractivity contribution is -0.152. The molecule has 2 saturated heterocycles. The summed E-state index contributed by atoms with van der Waals surface area (Å²) in [7, 11) is 0. The number of hydrogen-bond donors (Lipinski definition) is 0. The maximum atomic E-state index is 12.7. The van der Waals surface area contributed by atoms with Crippen molar-refractivity contribution >= 4 is 40.8 Å². The summed E-state index contributed by atoms with van der Waals surface area (Å²) in [6.45, 7) is 1.63. The van der Waals surface area contributed by atoms with Crippen LogP contribution in [0.2, 0.25) is 0 Å². The van der Waals surface area contributed by atoms with Gasteiger partial charge in [-0.1, -0.05) is 30.3 Å². The molecule has 4 rings (SSSR count). The normalized spacial score (nSPS) is 24.1. The van der Waals surface area contributed by atoms with Crippen molar-refractivity contribution in [1.29, 1.82) is 0 Å². The van der Waals surface area contributed by atoms with Crippen LogP contribution in [0.5, 0.6) is 0 Å². The van der Waals surface area contributed by atoms with Gasteiger partial charge in [0.15, 0.2) is 6.61 Å². The number of aryl methyl sites for hydroxylation is 1. The number of thiophene rings is 1. The fourth-order valence-corrected chi connectivity index (χ4v) is 6.13. The molecule has 1 aromatic heterocycles. The molecule has 1 amide bonds. The van der Waals surface area contributed by atoms with Crippen molar-refractivity contribution < 1.29 is 19.1 Å². The average Bonchev–Trinajstić information content (AvgIpc) is 3.36. The highest BCUT2D eigenvalue weighted by Gasteiger charge is 2.57. The molecular formula is C20H19NO4S2. The van der Waals surface area contributed by atoms with Gasteiger partial charge in [-0.05, 0) is 31.0 Å². The van der Waals surface area contributed by atoms with E-state index in [-0.39, 0.29) is 18.3 Å². The first kappa shape index (κ1) is 18.3. The molecule has 2 aliphatic heterocycles. The highest BCUT2D eigenvalue weighted by atomic mass is 32.2. The summed E-state index contributed by atoms with van der Waals surface area (Å²) in [5.41, 5.74) is 1.03. The van der Waals surface area contributed by atoms with E-state index in [1.54, 1.807) is 22.7 Å². The van der Waals surface area contributed by atoms with Crippen LogP contribution in [0.1, 0.15) is 33.0 Å². The SMILES string of the molecule is Cc1ccc(C(=O)COC(=O)[C@@H]2CS[C@@]3(c4ccccc4)CCC(=O)N23)s1. The maximum Gasteiger partial charge on any atom is 0.330 e. The Morgan fingerprint density at radius 3 is 2.70 bits per heavy atom. The number of carbonyl (C=O) groups excluding carboxylic acids is 3. The third-order valence-electron chi connectivity index (χ3n) is 4.98. The molecule has 0 bridgehead atoms. The summed E-state index contributed by atoms with van der Waals surface area (Å²) in [5, 5.41) is 0. The highest BCUT2D eigenvalue weighted by Crippen LogP contribution is 2.54. The standard InChI is InChI=1S/C20H19NO4S2/c1-13-7-8-17(27-13)16(22)11-25-19(24)15-12-26-20(10-9-18(23)21(15)20)14-5-3-2-4-6-14/h2-8,15H,9-12H2,1H3/t15-,20+/m0/s1. The first-order valence-electron chi connectivity index (χ1n) is 8.79. The molecule has 140 valence electrons. The Labute approximate surface area is 165 Å². The minimum Gasteiger partial charge on any atom is -0.456 e. The Morgan fingerprint density at radius 2 is 2.00 bits per heavy atom. The van der Waals surface area contributed by atoms with E-state index >= 15 is 0 Å². The summed E-state index contributed by atoms with van der Waals surface area (Å²) in [5.74, 6) is -0.274. The number of esters is 1. The van der Waals surface area contributed by atoms with Gasteiger partial charge in [0.2, 0.25) is 11.7 Å². The van der Waals surface area contributed by atoms with Gasteiger partial charge in [-0.3, -0.25) is 9.59 Å². The van der Waals surface area contributed by atoms with Gasteiger partial charge in [0.1, 0.15) is 10.9 Å². The predicted molar refractivity (Wildman–Crippen MR) is 105 cm³/mol. The fourth-order valence-electron chi connectivity index (χ4n) is 3.70. The number of Topliss-reactive ketones (excluding diaryl/α,β-unsaturated/α-hetero) is 1. The number of hydrogen-bond acceptors (Lipinski definition) is 6. The molecule has 0 N–H and O–H groups in total. The minimum atomic E-state index is -0.650. The van der Waals surface area contributed by atoms with Crippen LogP contribution in [0.25, 0.3) is 0 Å². The number of ketones is 1. The number of ether oxygens (including phenoxy) is 1. The zero-order chi connectivity index (χ0) is 19.0. The molecule has 2 aromatic rings. The lowest BCUT2D eigenvalue weighted by Gasteiger charge is -2.33. The summed E-state index contributed by atoms with van der Waals surface area (Å²) >= 11 is 2.99. The van der Waals surface area contributed by atoms with Crippen molar-refractivity contribution in [3.63, 3.8) is 0 Å². The Bertz CT molecular complexity index is 894. The second kappa shape index (κ2) is 7.13. The minimum absolute atomic E-state index is 0.0361. The van der Waals surface area contributed by atoms with E-state index in [0.717, 1.165) is 10.4 Å². The van der Waals surface area contributed by atoms with Crippen LogP contribution in [0.3, 0.4) is 0 Å². The number of amides is 1. The maximum absolute atomic E-state index is 12.7. The van der Waals surface area contributed by atoms with Crippen LogP contribution in [-0.2, 0) is 19.2 Å². The molecule has 0 radical (unpaired) electrons. The van der Waals surface area contributed by atoms with Crippen molar-refractivity contribution in [2.24, 2.45) is 0 Å². The first-order chi connectivity index (χ1) is 13.0. The van der Waals surface area contributed by atoms with Gasteiger partial charge in [0.25, 0.3) is 0 Å². The van der Waals surface area contributed by atoms with Crippen LogP contribution in [0, 0.1) is 6.92 Å². The van der Waals surface area contributed by atoms with Gasteiger partial charge >= 0.3 is 5.97 Å². The molecule has 2 aliphatic rings. The molecular weight excluding hydrogens is 382 g/mol. The Balaban J connectivity index is 1.48. The Hall–Kier alpha value is -2.12. The molecule has 1 aromatic carbocycles. The average molecular weight is 402 g/mol. The highest BCUT2D eigenvalue weighted by molar-refractivity contribution is 8.00. The summed E-state index contributed by atoms with van der Waals surface area (Å²) in [6.07, 6.45) is 1.09. The van der Waals surface area contributed by atoms with Gasteiger partial charge < -0.3 is 9.64 Å². The van der Waals surface area contributed by atoms with E-state index in [4.69, 9.17) is 4.74 Å². The molecule has 7 heteroatoms. The summed E-state index contributed by atoms with van der Waals surface area (Å²) in [6, 6.07) is 12.8. The van der Waals surface area contributed by atoms with Crippen LogP contribution >= 0.6 is 23.1 Å². The third-order valence-corrected chi connectivity index (χ3v) is 7.62. The quantitative estimate of drug-likeness (QED) is 0.568. The number of benzene rings is 1. The van der Waals surface area contributed by atoms with Crippen molar-refractivity contribution in [3.05, 3.63) is 57.8 Å². The molecule has 27 heavy (non-hydrogen) atoms. The van der Waals surface area contributed by atoms with E-state index in [9.17, 15) is 14.4 Å². The lowest BCUT2D eigenvalue weighted by Crippen LogP contribution is -2.46. The predicted octanol–water partition coefficient (Wildman–Crippen LogP) is 3.37. The largest absolute Gasteiger partial charge is 0.456 e. The Kier molecular flexibility index (Phi) is 4.82. The number of fused-ring (bicyclic) bond motifs is 1. The number of nitrogens with zero attached hydrogens (tertiary/aromatic N) is 1. The van der Waals surface area contributed by atoms with Crippen molar-refractivity contribution in [2.45, 2.75) is 30.7 Å². The van der Waals surface area contributed by atoms with Crippen LogP contribution in [-0.4, -0.2) is 41.0 Å². The number of carbonyl (C=O) groups is 3. The van der Waals surface area contributed by atoms with Crippen LogP contribution in [0.4, 0.5) is 0 Å². The Morgan fingerprint density at radius 1 is 1.22 bits per heavy atom. The third kappa shape index (κ3) is 3.19. The van der Waals surface area contributed by atoms with Crippen molar-refractivity contribution in [2.75, 3.05) is 12.4 Å². The number of rotatable bonds is 5. The zero-order valence-electron chi connectivity index (χ0n) is 14.8. The molecule has 0 unspecified atom stereocenters. The molecule has 2 atom stereocenters. The van der Waals surface area contributed by atoms with E-state index in [1.807, 2.05) is 43.3 Å². The second-order valence-electron chi connectivity index (χ2n) is 6.68. The molecule has 3 heterocycles. The summed E-state index contributed by atoms with van der Waals surface area (Å²) in [4.78, 5) is 40.2. The molecule has 0 saturated carbocycles. The van der Waals surface area contributed by atoms with Gasteiger partial charge in [-0.15, -0.1) is 23.1 Å². The van der Waals surface area contributed by atoms with Crippen LogP contribution < -0.4 is 0 Å². The smallest absolute Gasteiger partial charge is 0.330 e. The first-order valence-corrected chi connectivity index (χ1v) is 10.6. The van der Waals surface area contributed by atoms with Crippen molar-refractivity contribution in [1.82, 2.24) is 4.90 Å². The molecule has 2 fully saturated rings. The lowest BCUT2D eigenvalue weighted by atomic mass is 10.0. The summed E-state index contributed by atoms with van der Waals surface area (Å²) < 4.78 is 5.30. The van der Waals surface area contributed by atoms with Crippen LogP contribution in [0.15, 0.2) is 42.5 Å². The molecule has 0 aliphatic carbocycles. The van der Waals surface area contributed by atoms with E-state index < -0.39 is 16.9 Å². The van der Waals surface area contributed by atoms with E-state index in [0.29, 0.717) is 23.5 Å². The molecule has 0 spiro atoms. The fraction of sp³-hybridized carbons (Fsp3) is 0.350. The van der Waals surface area contributed by atoms with E-state index in [2.05, 4.69) is 0 Å². The molecule has 5 nitrogen and oxygen atoms in total. The number of thioether (sulfide) groups is 1. The van der Waals surface area contributed by atoms with E-state index in [1.165, 1.54) is 11.3 Å². The van der Waals surface area contributed by atoms with Gasteiger partial charge in [-0.2, -0.15) is 0 Å². The second-order valence-corrected chi connectivity index (χ2v) is 9.27. The van der Waals surface area contributed by atoms with Gasteiger partial charge in [-0.25, -0.2) is 4.79 Å². The topological polar surface area (TPSA) is 63.7 Å². The monoisotopic (exact) mass is 401 g/mol. The van der Waals surface area contributed by atoms with Gasteiger partial charge in [0.05, 0.1) is 4.88 Å². The van der Waals surface area contributed by atoms with Gasteiger partial charge in [0, 0.05) is 17.1 Å². The van der Waals surface area contributed by atoms with Crippen molar-refractivity contribution in [3.8, 4) is 0 Å².